The van der Waals surface area contributed by atoms with Crippen LogP contribution in [-0.4, -0.2) is 29.6 Å². The smallest absolute Gasteiger partial charge is 0.0336 e. The van der Waals surface area contributed by atoms with Crippen LogP contribution in [0, 0.1) is 11.8 Å². The van der Waals surface area contributed by atoms with Crippen LogP contribution in [0.2, 0.25) is 0 Å². The molecule has 0 saturated heterocycles. The van der Waals surface area contributed by atoms with Crippen molar-refractivity contribution in [2.75, 3.05) is 13.6 Å². The Morgan fingerprint density at radius 1 is 1.22 bits per heavy atom. The Bertz CT molecular complexity index is 283. The van der Waals surface area contributed by atoms with Crippen LogP contribution in [0.4, 0.5) is 0 Å². The maximum atomic E-state index is 6.23. The highest BCUT2D eigenvalue weighted by Gasteiger charge is 2.46. The molecule has 2 N–H and O–H groups in total. The van der Waals surface area contributed by atoms with Gasteiger partial charge in [0.05, 0.1) is 0 Å². The highest BCUT2D eigenvalue weighted by atomic mass is 15.2. The van der Waals surface area contributed by atoms with E-state index in [-0.39, 0.29) is 11.1 Å². The van der Waals surface area contributed by atoms with Gasteiger partial charge in [0.2, 0.25) is 0 Å². The van der Waals surface area contributed by atoms with Crippen molar-refractivity contribution in [2.24, 2.45) is 17.6 Å². The van der Waals surface area contributed by atoms with Crippen molar-refractivity contribution in [1.82, 2.24) is 4.90 Å². The molecule has 0 heterocycles. The molecule has 2 fully saturated rings. The van der Waals surface area contributed by atoms with Crippen LogP contribution in [0.15, 0.2) is 0 Å². The molecule has 2 nitrogen and oxygen atoms in total. The lowest BCUT2D eigenvalue weighted by Crippen LogP contribution is -2.61. The molecule has 0 bridgehead atoms. The Balaban J connectivity index is 2.13. The highest BCUT2D eigenvalue weighted by molar-refractivity contribution is 5.02. The second kappa shape index (κ2) is 5.13. The second-order valence-corrected chi connectivity index (χ2v) is 7.35. The summed E-state index contributed by atoms with van der Waals surface area (Å²) in [5.74, 6) is 1.99. The van der Waals surface area contributed by atoms with Crippen LogP contribution in [0.3, 0.4) is 0 Å². The summed E-state index contributed by atoms with van der Waals surface area (Å²) >= 11 is 0. The average molecular weight is 252 g/mol. The zero-order valence-corrected chi connectivity index (χ0v) is 12.8. The second-order valence-electron chi connectivity index (χ2n) is 7.35. The zero-order valence-electron chi connectivity index (χ0n) is 12.8. The molecule has 2 rings (SSSR count). The van der Waals surface area contributed by atoms with Crippen LogP contribution in [0.1, 0.15) is 65.7 Å². The Morgan fingerprint density at radius 3 is 2.39 bits per heavy atom. The van der Waals surface area contributed by atoms with E-state index < -0.39 is 0 Å². The summed E-state index contributed by atoms with van der Waals surface area (Å²) in [5.41, 5.74) is 6.77. The van der Waals surface area contributed by atoms with Crippen molar-refractivity contribution in [3.8, 4) is 0 Å². The van der Waals surface area contributed by atoms with E-state index in [2.05, 4.69) is 32.7 Å². The first kappa shape index (κ1) is 14.3. The van der Waals surface area contributed by atoms with Gasteiger partial charge < -0.3 is 5.73 Å². The summed E-state index contributed by atoms with van der Waals surface area (Å²) in [4.78, 5) is 2.62. The molecule has 0 aromatic carbocycles. The lowest BCUT2D eigenvalue weighted by molar-refractivity contribution is -0.0183. The standard InChI is InChI=1S/C16H32N2/c1-5-15(2,3)18(4)16(12-17)10-6-7-14(11-16)13-8-9-13/h13-14H,5-12,17H2,1-4H3. The highest BCUT2D eigenvalue weighted by Crippen LogP contribution is 2.48. The molecular weight excluding hydrogens is 220 g/mol. The predicted octanol–water partition coefficient (Wildman–Crippen LogP) is 3.40. The third-order valence-electron chi connectivity index (χ3n) is 6.01. The van der Waals surface area contributed by atoms with Gasteiger partial charge in [0.1, 0.15) is 0 Å². The number of nitrogens with zero attached hydrogens (tertiary/aromatic N) is 1. The van der Waals surface area contributed by atoms with E-state index in [9.17, 15) is 0 Å². The topological polar surface area (TPSA) is 29.3 Å². The van der Waals surface area contributed by atoms with Gasteiger partial charge in [-0.2, -0.15) is 0 Å². The summed E-state index contributed by atoms with van der Waals surface area (Å²) in [6.45, 7) is 7.86. The van der Waals surface area contributed by atoms with Gasteiger partial charge in [-0.05, 0) is 64.8 Å². The quantitative estimate of drug-likeness (QED) is 0.812. The summed E-state index contributed by atoms with van der Waals surface area (Å²) in [6, 6.07) is 0. The van der Waals surface area contributed by atoms with Crippen LogP contribution < -0.4 is 5.73 Å². The minimum Gasteiger partial charge on any atom is -0.329 e. The molecule has 2 unspecified atom stereocenters. The zero-order chi connectivity index (χ0) is 13.4. The number of hydrogen-bond donors (Lipinski definition) is 1. The fourth-order valence-electron chi connectivity index (χ4n) is 3.86. The molecule has 0 amide bonds. The lowest BCUT2D eigenvalue weighted by atomic mass is 9.71. The van der Waals surface area contributed by atoms with E-state index in [0.717, 1.165) is 18.4 Å². The molecule has 2 aliphatic rings. The fraction of sp³-hybridized carbons (Fsp3) is 1.00. The lowest BCUT2D eigenvalue weighted by Gasteiger charge is -2.53. The van der Waals surface area contributed by atoms with Crippen molar-refractivity contribution in [3.63, 3.8) is 0 Å². The molecule has 0 aliphatic heterocycles. The Morgan fingerprint density at radius 2 is 1.89 bits per heavy atom. The number of hydrogen-bond acceptors (Lipinski definition) is 2. The maximum Gasteiger partial charge on any atom is 0.0336 e. The van der Waals surface area contributed by atoms with Gasteiger partial charge in [-0.25, -0.2) is 0 Å². The van der Waals surface area contributed by atoms with E-state index in [1.54, 1.807) is 0 Å². The van der Waals surface area contributed by atoms with Crippen molar-refractivity contribution >= 4 is 0 Å². The molecule has 0 radical (unpaired) electrons. The first-order valence-corrected chi connectivity index (χ1v) is 7.89. The van der Waals surface area contributed by atoms with E-state index in [1.807, 2.05) is 0 Å². The summed E-state index contributed by atoms with van der Waals surface area (Å²) < 4.78 is 0. The molecule has 18 heavy (non-hydrogen) atoms. The number of rotatable bonds is 5. The van der Waals surface area contributed by atoms with E-state index in [1.165, 1.54) is 44.9 Å². The van der Waals surface area contributed by atoms with E-state index >= 15 is 0 Å². The van der Waals surface area contributed by atoms with Crippen molar-refractivity contribution in [2.45, 2.75) is 76.8 Å². The average Bonchev–Trinajstić information content (AvgIpc) is 3.22. The molecule has 2 heteroatoms. The molecule has 0 aromatic heterocycles. The van der Waals surface area contributed by atoms with Gasteiger partial charge in [-0.1, -0.05) is 19.8 Å². The Labute approximate surface area is 113 Å². The van der Waals surface area contributed by atoms with Gasteiger partial charge in [0, 0.05) is 17.6 Å². The first-order valence-electron chi connectivity index (χ1n) is 7.89. The van der Waals surface area contributed by atoms with Crippen molar-refractivity contribution < 1.29 is 0 Å². The molecule has 2 saturated carbocycles. The van der Waals surface area contributed by atoms with E-state index in [4.69, 9.17) is 5.73 Å². The largest absolute Gasteiger partial charge is 0.329 e. The van der Waals surface area contributed by atoms with Crippen LogP contribution >= 0.6 is 0 Å². The van der Waals surface area contributed by atoms with Crippen LogP contribution in [-0.2, 0) is 0 Å². The molecule has 2 atom stereocenters. The molecule has 0 spiro atoms. The monoisotopic (exact) mass is 252 g/mol. The predicted molar refractivity (Wildman–Crippen MR) is 78.6 cm³/mol. The van der Waals surface area contributed by atoms with Gasteiger partial charge in [0.25, 0.3) is 0 Å². The van der Waals surface area contributed by atoms with Gasteiger partial charge in [-0.3, -0.25) is 4.90 Å². The molecule has 2 aliphatic carbocycles. The first-order chi connectivity index (χ1) is 8.45. The van der Waals surface area contributed by atoms with Crippen molar-refractivity contribution in [3.05, 3.63) is 0 Å². The van der Waals surface area contributed by atoms with Gasteiger partial charge >= 0.3 is 0 Å². The van der Waals surface area contributed by atoms with Crippen LogP contribution in [0.25, 0.3) is 0 Å². The molecule has 0 aromatic rings. The summed E-state index contributed by atoms with van der Waals surface area (Å²) in [6.07, 6.45) is 9.62. The van der Waals surface area contributed by atoms with E-state index in [0.29, 0.717) is 0 Å². The summed E-state index contributed by atoms with van der Waals surface area (Å²) in [5, 5.41) is 0. The van der Waals surface area contributed by atoms with Gasteiger partial charge in [-0.15, -0.1) is 0 Å². The maximum absolute atomic E-state index is 6.23. The number of likely N-dealkylation sites (N-methyl/N-ethyl adjacent to an activating group) is 1. The normalized spacial score (nSPS) is 34.0. The third kappa shape index (κ3) is 2.60. The third-order valence-corrected chi connectivity index (χ3v) is 6.01. The van der Waals surface area contributed by atoms with Crippen LogP contribution in [0.5, 0.6) is 0 Å². The SMILES string of the molecule is CCC(C)(C)N(C)C1(CN)CCCC(C2CC2)C1. The molecule has 106 valence electrons. The summed E-state index contributed by atoms with van der Waals surface area (Å²) in [7, 11) is 2.31. The number of nitrogens with two attached hydrogens (primary N) is 1. The minimum atomic E-state index is 0.269. The minimum absolute atomic E-state index is 0.269. The fourth-order valence-corrected chi connectivity index (χ4v) is 3.86. The Hall–Kier alpha value is -0.0800. The van der Waals surface area contributed by atoms with Crippen molar-refractivity contribution in [1.29, 1.82) is 0 Å². The Kier molecular flexibility index (Phi) is 4.08. The molecular formula is C16H32N2. The van der Waals surface area contributed by atoms with Gasteiger partial charge in [0.15, 0.2) is 0 Å².